The highest BCUT2D eigenvalue weighted by atomic mass is 32.1. The molecular formula is C19H19F3N2O3S. The molecule has 2 aromatic rings. The fraction of sp³-hybridized carbons (Fsp3) is 0.263. The molecular weight excluding hydrogens is 393 g/mol. The van der Waals surface area contributed by atoms with Crippen LogP contribution in [0.2, 0.25) is 0 Å². The van der Waals surface area contributed by atoms with Crippen LogP contribution in [-0.2, 0) is 15.1 Å². The van der Waals surface area contributed by atoms with Crippen LogP contribution in [-0.4, -0.2) is 36.0 Å². The molecule has 150 valence electrons. The number of carbonyl (C=O) groups excluding carboxylic acids is 1. The van der Waals surface area contributed by atoms with Crippen LogP contribution in [0.3, 0.4) is 0 Å². The van der Waals surface area contributed by atoms with Gasteiger partial charge in [-0.2, -0.15) is 13.2 Å². The molecule has 0 aliphatic heterocycles. The summed E-state index contributed by atoms with van der Waals surface area (Å²) in [7, 11) is 1.63. The van der Waals surface area contributed by atoms with E-state index in [9.17, 15) is 23.1 Å². The van der Waals surface area contributed by atoms with Crippen LogP contribution < -0.4 is 10.2 Å². The highest BCUT2D eigenvalue weighted by Gasteiger charge is 2.62. The maximum absolute atomic E-state index is 13.4. The number of hydrogen-bond acceptors (Lipinski definition) is 4. The summed E-state index contributed by atoms with van der Waals surface area (Å²) >= 11 is 5.29. The molecule has 2 rings (SSSR count). The Balaban J connectivity index is 2.25. The van der Waals surface area contributed by atoms with E-state index in [0.29, 0.717) is 10.8 Å². The molecule has 28 heavy (non-hydrogen) atoms. The summed E-state index contributed by atoms with van der Waals surface area (Å²) in [5.74, 6) is -1.77. The van der Waals surface area contributed by atoms with E-state index in [1.165, 1.54) is 19.1 Å². The van der Waals surface area contributed by atoms with Crippen LogP contribution in [0.1, 0.15) is 12.5 Å². The SMILES string of the molecule is CCOC(=O)C(O)(c1ccc(N(C)C(=S)Nc2ccccc2)cc1)C(F)(F)F. The molecule has 0 radical (unpaired) electrons. The summed E-state index contributed by atoms with van der Waals surface area (Å²) in [4.78, 5) is 13.4. The average molecular weight is 412 g/mol. The third-order valence-electron chi connectivity index (χ3n) is 3.98. The van der Waals surface area contributed by atoms with Crippen molar-refractivity contribution < 1.29 is 27.8 Å². The van der Waals surface area contributed by atoms with E-state index < -0.39 is 23.3 Å². The van der Waals surface area contributed by atoms with E-state index in [-0.39, 0.29) is 6.61 Å². The number of hydrogen-bond donors (Lipinski definition) is 2. The summed E-state index contributed by atoms with van der Waals surface area (Å²) in [6, 6.07) is 13.8. The molecule has 1 unspecified atom stereocenters. The molecule has 0 spiro atoms. The van der Waals surface area contributed by atoms with Gasteiger partial charge in [-0.3, -0.25) is 0 Å². The molecule has 9 heteroatoms. The number of thiocarbonyl (C=S) groups is 1. The fourth-order valence-electron chi connectivity index (χ4n) is 2.41. The van der Waals surface area contributed by atoms with Crippen molar-refractivity contribution in [2.24, 2.45) is 0 Å². The summed E-state index contributed by atoms with van der Waals surface area (Å²) in [6.45, 7) is 1.06. The normalized spacial score (nSPS) is 13.4. The third-order valence-corrected chi connectivity index (χ3v) is 4.36. The number of ether oxygens (including phenoxy) is 1. The van der Waals surface area contributed by atoms with Gasteiger partial charge in [0.2, 0.25) is 0 Å². The Labute approximate surface area is 165 Å². The van der Waals surface area contributed by atoms with Crippen molar-refractivity contribution in [1.29, 1.82) is 0 Å². The molecule has 0 aromatic heterocycles. The lowest BCUT2D eigenvalue weighted by Crippen LogP contribution is -2.50. The number of halogens is 3. The van der Waals surface area contributed by atoms with E-state index in [4.69, 9.17) is 12.2 Å². The molecule has 0 aliphatic rings. The van der Waals surface area contributed by atoms with Gasteiger partial charge >= 0.3 is 12.1 Å². The van der Waals surface area contributed by atoms with Crippen LogP contribution >= 0.6 is 12.2 Å². The molecule has 0 amide bonds. The van der Waals surface area contributed by atoms with Gasteiger partial charge in [0.15, 0.2) is 5.11 Å². The zero-order valence-electron chi connectivity index (χ0n) is 15.2. The number of nitrogens with zero attached hydrogens (tertiary/aromatic N) is 1. The monoisotopic (exact) mass is 412 g/mol. The maximum atomic E-state index is 13.4. The van der Waals surface area contributed by atoms with Gasteiger partial charge in [-0.05, 0) is 43.4 Å². The number of para-hydroxylation sites is 1. The van der Waals surface area contributed by atoms with Crippen molar-refractivity contribution >= 4 is 34.7 Å². The van der Waals surface area contributed by atoms with Crippen LogP contribution in [0.25, 0.3) is 0 Å². The minimum absolute atomic E-state index is 0.294. The molecule has 5 nitrogen and oxygen atoms in total. The Morgan fingerprint density at radius 3 is 2.21 bits per heavy atom. The first-order chi connectivity index (χ1) is 13.1. The van der Waals surface area contributed by atoms with Gasteiger partial charge in [0.25, 0.3) is 5.60 Å². The minimum atomic E-state index is -5.24. The smallest absolute Gasteiger partial charge is 0.432 e. The molecule has 0 saturated carbocycles. The second-order valence-electron chi connectivity index (χ2n) is 5.83. The minimum Gasteiger partial charge on any atom is -0.463 e. The van der Waals surface area contributed by atoms with Crippen molar-refractivity contribution in [2.75, 3.05) is 23.9 Å². The lowest BCUT2D eigenvalue weighted by Gasteiger charge is -2.29. The Morgan fingerprint density at radius 1 is 1.14 bits per heavy atom. The van der Waals surface area contributed by atoms with E-state index in [1.807, 2.05) is 30.3 Å². The Bertz CT molecular complexity index is 829. The lowest BCUT2D eigenvalue weighted by molar-refractivity contribution is -0.267. The lowest BCUT2D eigenvalue weighted by atomic mass is 9.93. The van der Waals surface area contributed by atoms with Crippen molar-refractivity contribution in [3.63, 3.8) is 0 Å². The number of rotatable bonds is 5. The Kier molecular flexibility index (Phi) is 6.63. The van der Waals surface area contributed by atoms with Gasteiger partial charge < -0.3 is 20.1 Å². The van der Waals surface area contributed by atoms with Crippen LogP contribution in [0.15, 0.2) is 54.6 Å². The van der Waals surface area contributed by atoms with E-state index in [0.717, 1.165) is 17.8 Å². The van der Waals surface area contributed by atoms with Gasteiger partial charge in [-0.25, -0.2) is 4.79 Å². The largest absolute Gasteiger partial charge is 0.463 e. The summed E-state index contributed by atoms with van der Waals surface area (Å²) in [6.07, 6.45) is -5.24. The van der Waals surface area contributed by atoms with Crippen molar-refractivity contribution in [2.45, 2.75) is 18.7 Å². The van der Waals surface area contributed by atoms with Crippen LogP contribution in [0.4, 0.5) is 24.5 Å². The van der Waals surface area contributed by atoms with Gasteiger partial charge in [-0.15, -0.1) is 0 Å². The van der Waals surface area contributed by atoms with E-state index in [2.05, 4.69) is 10.1 Å². The topological polar surface area (TPSA) is 61.8 Å². The number of benzene rings is 2. The Morgan fingerprint density at radius 2 is 1.71 bits per heavy atom. The predicted octanol–water partition coefficient (Wildman–Crippen LogP) is 3.83. The number of carbonyl (C=O) groups is 1. The molecule has 0 saturated heterocycles. The summed E-state index contributed by atoms with van der Waals surface area (Å²) < 4.78 is 44.6. The first-order valence-corrected chi connectivity index (χ1v) is 8.68. The number of nitrogens with one attached hydrogen (secondary N) is 1. The first kappa shape index (κ1) is 21.6. The van der Waals surface area contributed by atoms with Crippen molar-refractivity contribution in [3.05, 3.63) is 60.2 Å². The number of anilines is 2. The number of alkyl halides is 3. The fourth-order valence-corrected chi connectivity index (χ4v) is 2.63. The summed E-state index contributed by atoms with van der Waals surface area (Å²) in [5.41, 5.74) is -3.17. The molecule has 2 N–H and O–H groups in total. The maximum Gasteiger partial charge on any atom is 0.432 e. The quantitative estimate of drug-likeness (QED) is 0.575. The molecule has 0 heterocycles. The van der Waals surface area contributed by atoms with Crippen LogP contribution in [0, 0.1) is 0 Å². The predicted molar refractivity (Wildman–Crippen MR) is 104 cm³/mol. The zero-order valence-corrected chi connectivity index (χ0v) is 16.0. The van der Waals surface area contributed by atoms with E-state index in [1.54, 1.807) is 11.9 Å². The molecule has 0 fully saturated rings. The van der Waals surface area contributed by atoms with Crippen molar-refractivity contribution in [1.82, 2.24) is 0 Å². The average Bonchev–Trinajstić information content (AvgIpc) is 2.67. The number of esters is 1. The van der Waals surface area contributed by atoms with Gasteiger partial charge in [-0.1, -0.05) is 30.3 Å². The zero-order chi connectivity index (χ0) is 20.9. The van der Waals surface area contributed by atoms with Crippen LogP contribution in [0.5, 0.6) is 0 Å². The molecule has 2 aromatic carbocycles. The third kappa shape index (κ3) is 4.42. The first-order valence-electron chi connectivity index (χ1n) is 8.28. The van der Waals surface area contributed by atoms with Gasteiger partial charge in [0.05, 0.1) is 6.61 Å². The van der Waals surface area contributed by atoms with Gasteiger partial charge in [0.1, 0.15) is 0 Å². The molecule has 0 aliphatic carbocycles. The second kappa shape index (κ2) is 8.57. The standard InChI is InChI=1S/C19H19F3N2O3S/c1-3-27-16(25)18(26,19(20,21)22)13-9-11-15(12-10-13)24(2)17(28)23-14-7-5-4-6-8-14/h4-12,26H,3H2,1-2H3,(H,23,28). The van der Waals surface area contributed by atoms with Gasteiger partial charge in [0, 0.05) is 24.0 Å². The van der Waals surface area contributed by atoms with Crippen molar-refractivity contribution in [3.8, 4) is 0 Å². The molecule has 1 atom stereocenters. The highest BCUT2D eigenvalue weighted by Crippen LogP contribution is 2.40. The molecule has 0 bridgehead atoms. The second-order valence-corrected chi connectivity index (χ2v) is 6.22. The summed E-state index contributed by atoms with van der Waals surface area (Å²) in [5, 5.41) is 13.4. The Hall–Kier alpha value is -2.65. The number of aliphatic hydroxyl groups is 1. The highest BCUT2D eigenvalue weighted by molar-refractivity contribution is 7.80. The van der Waals surface area contributed by atoms with E-state index >= 15 is 0 Å².